The Morgan fingerprint density at radius 1 is 0.467 bits per heavy atom. The fraction of sp³-hybridized carbons (Fsp3) is 0.475. The number of nitrogens with zero attached hydrogens (tertiary/aromatic N) is 3. The van der Waals surface area contributed by atoms with Gasteiger partial charge in [-0.25, -0.2) is 20.5 Å². The molecule has 0 bridgehead atoms. The third-order valence-electron chi connectivity index (χ3n) is 8.33. The average molecular weight is 847 g/mol. The van der Waals surface area contributed by atoms with Crippen molar-refractivity contribution in [2.24, 2.45) is 0 Å². The van der Waals surface area contributed by atoms with Crippen LogP contribution in [0.25, 0.3) is 34.2 Å². The van der Waals surface area contributed by atoms with E-state index in [1.807, 2.05) is 6.92 Å². The topological polar surface area (TPSA) is 38.7 Å². The Balaban J connectivity index is 0.00000353. The van der Waals surface area contributed by atoms with Gasteiger partial charge in [-0.3, -0.25) is 16.7 Å². The zero-order chi connectivity index (χ0) is 32.3. The fourth-order valence-corrected chi connectivity index (χ4v) is 5.09. The van der Waals surface area contributed by atoms with Crippen molar-refractivity contribution in [2.75, 3.05) is 0 Å². The van der Waals surface area contributed by atoms with Gasteiger partial charge in [-0.2, -0.15) is 0 Å². The third-order valence-corrected chi connectivity index (χ3v) is 8.33. The predicted molar refractivity (Wildman–Crippen MR) is 183 cm³/mol. The van der Waals surface area contributed by atoms with Crippen molar-refractivity contribution in [3.8, 4) is 34.2 Å². The molecule has 0 aliphatic rings. The van der Waals surface area contributed by atoms with Gasteiger partial charge < -0.3 is 12.1 Å². The van der Waals surface area contributed by atoms with Crippen molar-refractivity contribution >= 4 is 0 Å². The molecule has 0 saturated carbocycles. The minimum atomic E-state index is -0.0226. The quantitative estimate of drug-likeness (QED) is 0.193. The SMILES string of the molecule is Cc1[c-]c(C)c(C)c(-c2nc(-c3cc(C(C)(C)C)cc(C(C)(C)C)c3)nc(-c3cc(C(C)(C)C)cc(C(C)(C)C)c3)n2)[c-]1.[W].[Y]. The molecule has 0 saturated heterocycles. The van der Waals surface area contributed by atoms with Crippen LogP contribution in [0.5, 0.6) is 0 Å². The Kier molecular flexibility index (Phi) is 12.2. The molecule has 0 N–H and O–H groups in total. The van der Waals surface area contributed by atoms with Gasteiger partial charge in [0.1, 0.15) is 5.82 Å². The Hall–Kier alpha value is -1.54. The summed E-state index contributed by atoms with van der Waals surface area (Å²) in [6.07, 6.45) is 0. The summed E-state index contributed by atoms with van der Waals surface area (Å²) in [7, 11) is 0. The number of hydrogen-bond donors (Lipinski definition) is 0. The van der Waals surface area contributed by atoms with Gasteiger partial charge in [0.05, 0.1) is 0 Å². The minimum Gasteiger partial charge on any atom is -0.353 e. The average Bonchev–Trinajstić information content (AvgIpc) is 2.88. The first kappa shape index (κ1) is 39.6. The molecule has 4 aromatic rings. The molecular weight excluding hydrogens is 795 g/mol. The maximum Gasteiger partial charge on any atom is 0.163 e. The van der Waals surface area contributed by atoms with E-state index in [4.69, 9.17) is 15.0 Å². The molecule has 4 rings (SSSR count). The second kappa shape index (κ2) is 13.9. The van der Waals surface area contributed by atoms with E-state index in [9.17, 15) is 0 Å². The smallest absolute Gasteiger partial charge is 0.163 e. The largest absolute Gasteiger partial charge is 0.353 e. The van der Waals surface area contributed by atoms with E-state index in [1.54, 1.807) is 0 Å². The molecule has 45 heavy (non-hydrogen) atoms. The summed E-state index contributed by atoms with van der Waals surface area (Å²) in [4.78, 5) is 15.6. The molecule has 3 nitrogen and oxygen atoms in total. The summed E-state index contributed by atoms with van der Waals surface area (Å²) in [6.45, 7) is 33.4. The van der Waals surface area contributed by atoms with E-state index in [-0.39, 0.29) is 75.4 Å². The summed E-state index contributed by atoms with van der Waals surface area (Å²) in [5.41, 5.74) is 11.1. The Bertz CT molecular complexity index is 1520. The molecular formula is C40H51N3WY-2. The summed E-state index contributed by atoms with van der Waals surface area (Å²) in [5, 5.41) is 0. The van der Waals surface area contributed by atoms with E-state index in [1.165, 1.54) is 22.3 Å². The van der Waals surface area contributed by atoms with Crippen LogP contribution in [0.15, 0.2) is 36.4 Å². The Morgan fingerprint density at radius 3 is 1.09 bits per heavy atom. The van der Waals surface area contributed by atoms with Crippen LogP contribution in [0.1, 0.15) is 122 Å². The van der Waals surface area contributed by atoms with Crippen LogP contribution in [0.4, 0.5) is 0 Å². The number of aromatic nitrogens is 3. The van der Waals surface area contributed by atoms with Crippen molar-refractivity contribution in [2.45, 2.75) is 126 Å². The molecule has 0 unspecified atom stereocenters. The maximum atomic E-state index is 5.22. The Labute approximate surface area is 313 Å². The van der Waals surface area contributed by atoms with Gasteiger partial charge in [0.25, 0.3) is 0 Å². The van der Waals surface area contributed by atoms with Gasteiger partial charge in [0, 0.05) is 64.9 Å². The molecule has 1 radical (unpaired) electrons. The normalized spacial score (nSPS) is 12.4. The first-order valence-corrected chi connectivity index (χ1v) is 15.6. The number of aryl methyl sites for hydroxylation is 2. The molecule has 0 atom stereocenters. The van der Waals surface area contributed by atoms with E-state index < -0.39 is 0 Å². The van der Waals surface area contributed by atoms with Gasteiger partial charge in [-0.1, -0.05) is 109 Å². The maximum absolute atomic E-state index is 5.22. The standard InChI is InChI=1S/C40H51N3.W.Y/c1-24-16-25(2)26(3)33(17-24)36-42-34(27-18-29(37(4,5)6)22-30(19-27)38(7,8)9)41-35(43-36)28-20-31(39(10,11)12)23-32(21-28)40(13,14)15;;/h18-23H,1-15H3;;/q-2;;. The van der Waals surface area contributed by atoms with E-state index >= 15 is 0 Å². The number of rotatable bonds is 3. The number of hydrogen-bond acceptors (Lipinski definition) is 3. The van der Waals surface area contributed by atoms with E-state index in [0.29, 0.717) is 17.5 Å². The molecule has 0 aliphatic heterocycles. The van der Waals surface area contributed by atoms with Crippen molar-refractivity contribution in [1.82, 2.24) is 15.0 Å². The Morgan fingerprint density at radius 2 is 0.778 bits per heavy atom. The zero-order valence-corrected chi connectivity index (χ0v) is 36.1. The molecule has 5 heteroatoms. The summed E-state index contributed by atoms with van der Waals surface area (Å²) >= 11 is 0. The molecule has 0 aliphatic carbocycles. The molecule has 3 aromatic carbocycles. The molecule has 237 valence electrons. The molecule has 0 amide bonds. The minimum absolute atomic E-state index is 0. The van der Waals surface area contributed by atoms with Gasteiger partial charge in [-0.15, -0.1) is 6.92 Å². The van der Waals surface area contributed by atoms with Crippen LogP contribution in [-0.2, 0) is 75.4 Å². The van der Waals surface area contributed by atoms with Crippen molar-refractivity contribution < 1.29 is 53.8 Å². The van der Waals surface area contributed by atoms with Crippen molar-refractivity contribution in [3.05, 3.63) is 87.5 Å². The summed E-state index contributed by atoms with van der Waals surface area (Å²) in [6, 6.07) is 20.7. The van der Waals surface area contributed by atoms with Crippen LogP contribution < -0.4 is 0 Å². The van der Waals surface area contributed by atoms with Gasteiger partial charge in [0.15, 0.2) is 11.6 Å². The van der Waals surface area contributed by atoms with Crippen LogP contribution in [0.3, 0.4) is 0 Å². The predicted octanol–water partition coefficient (Wildman–Crippen LogP) is 10.6. The van der Waals surface area contributed by atoms with Gasteiger partial charge in [-0.05, 0) is 68.2 Å². The molecule has 1 heterocycles. The molecule has 0 spiro atoms. The second-order valence-corrected chi connectivity index (χ2v) is 16.4. The number of benzene rings is 3. The van der Waals surface area contributed by atoms with E-state index in [0.717, 1.165) is 33.4 Å². The van der Waals surface area contributed by atoms with Crippen LogP contribution in [0, 0.1) is 32.9 Å². The second-order valence-electron chi connectivity index (χ2n) is 16.4. The van der Waals surface area contributed by atoms with Crippen molar-refractivity contribution in [3.63, 3.8) is 0 Å². The third kappa shape index (κ3) is 9.30. The van der Waals surface area contributed by atoms with E-state index in [2.05, 4.69) is 145 Å². The fourth-order valence-electron chi connectivity index (χ4n) is 5.09. The molecule has 0 fully saturated rings. The van der Waals surface area contributed by atoms with Crippen LogP contribution in [0.2, 0.25) is 0 Å². The summed E-state index contributed by atoms with van der Waals surface area (Å²) < 4.78 is 0. The van der Waals surface area contributed by atoms with Crippen molar-refractivity contribution in [1.29, 1.82) is 0 Å². The van der Waals surface area contributed by atoms with Crippen LogP contribution in [-0.4, -0.2) is 15.0 Å². The first-order chi connectivity index (χ1) is 19.5. The van der Waals surface area contributed by atoms with Gasteiger partial charge in [0.2, 0.25) is 0 Å². The monoisotopic (exact) mass is 846 g/mol. The summed E-state index contributed by atoms with van der Waals surface area (Å²) in [5.74, 6) is 2.02. The molecule has 1 aromatic heterocycles. The van der Waals surface area contributed by atoms with Gasteiger partial charge >= 0.3 is 0 Å². The first-order valence-electron chi connectivity index (χ1n) is 15.6. The zero-order valence-electron chi connectivity index (χ0n) is 30.3. The van der Waals surface area contributed by atoms with Crippen LogP contribution >= 0.6 is 0 Å².